The van der Waals surface area contributed by atoms with Crippen LogP contribution in [0.25, 0.3) is 0 Å². The van der Waals surface area contributed by atoms with E-state index in [9.17, 15) is 24.9 Å². The standard InChI is InChI=1S/C20H20N4O4S/c1-20(2)14(8-21)17(26)24-18(15(20)9-22)29-11-16(25)23-10-12-4-6-13(7-5-12)19(27)28-3/h4-7,14H,10-11H2,1-3H3,(H,23,25)(H,24,26)/t14-/m0/s1. The molecule has 8 nitrogen and oxygen atoms in total. The van der Waals surface area contributed by atoms with Crippen molar-refractivity contribution in [3.63, 3.8) is 0 Å². The molecule has 2 rings (SSSR count). The number of nitriles is 2. The summed E-state index contributed by atoms with van der Waals surface area (Å²) >= 11 is 1.04. The largest absolute Gasteiger partial charge is 0.465 e. The van der Waals surface area contributed by atoms with Gasteiger partial charge in [-0.1, -0.05) is 37.7 Å². The van der Waals surface area contributed by atoms with Crippen molar-refractivity contribution in [2.75, 3.05) is 12.9 Å². The third-order valence-corrected chi connectivity index (χ3v) is 5.55. The predicted molar refractivity (Wildman–Crippen MR) is 106 cm³/mol. The Balaban J connectivity index is 1.97. The summed E-state index contributed by atoms with van der Waals surface area (Å²) < 4.78 is 4.63. The van der Waals surface area contributed by atoms with E-state index in [0.29, 0.717) is 10.6 Å². The van der Waals surface area contributed by atoms with Crippen molar-refractivity contribution in [1.29, 1.82) is 10.5 Å². The molecule has 0 aliphatic carbocycles. The van der Waals surface area contributed by atoms with E-state index in [1.54, 1.807) is 38.1 Å². The number of allylic oxidation sites excluding steroid dienone is 1. The second kappa shape index (κ2) is 9.26. The molecule has 0 saturated heterocycles. The molecule has 0 spiro atoms. The van der Waals surface area contributed by atoms with E-state index in [4.69, 9.17) is 0 Å². The number of hydrogen-bond acceptors (Lipinski definition) is 7. The van der Waals surface area contributed by atoms with Crippen molar-refractivity contribution in [1.82, 2.24) is 10.6 Å². The van der Waals surface area contributed by atoms with Gasteiger partial charge in [0, 0.05) is 12.0 Å². The number of esters is 1. The average molecular weight is 412 g/mol. The monoisotopic (exact) mass is 412 g/mol. The Kier molecular flexibility index (Phi) is 7.03. The zero-order valence-electron chi connectivity index (χ0n) is 16.2. The molecule has 1 atom stereocenters. The van der Waals surface area contributed by atoms with Gasteiger partial charge in [0.15, 0.2) is 0 Å². The first-order valence-corrected chi connectivity index (χ1v) is 9.65. The maximum Gasteiger partial charge on any atom is 0.337 e. The number of thioether (sulfide) groups is 1. The van der Waals surface area contributed by atoms with Crippen LogP contribution in [-0.2, 0) is 20.9 Å². The Bertz CT molecular complexity index is 939. The molecule has 0 aromatic heterocycles. The minimum absolute atomic E-state index is 0.00562. The molecule has 1 aromatic rings. The number of carbonyl (C=O) groups excluding carboxylic acids is 3. The molecule has 2 N–H and O–H groups in total. The minimum Gasteiger partial charge on any atom is -0.465 e. The topological polar surface area (TPSA) is 132 Å². The molecule has 150 valence electrons. The Morgan fingerprint density at radius 2 is 1.93 bits per heavy atom. The van der Waals surface area contributed by atoms with Crippen molar-refractivity contribution < 1.29 is 19.1 Å². The number of ether oxygens (including phenoxy) is 1. The Labute approximate surface area is 172 Å². The van der Waals surface area contributed by atoms with Gasteiger partial charge in [0.2, 0.25) is 11.8 Å². The lowest BCUT2D eigenvalue weighted by Gasteiger charge is -2.34. The Morgan fingerprint density at radius 1 is 1.28 bits per heavy atom. The molecule has 1 heterocycles. The number of hydrogen-bond donors (Lipinski definition) is 2. The van der Waals surface area contributed by atoms with Crippen molar-refractivity contribution in [3.8, 4) is 12.1 Å². The van der Waals surface area contributed by atoms with Crippen LogP contribution in [0.2, 0.25) is 0 Å². The number of rotatable bonds is 6. The van der Waals surface area contributed by atoms with E-state index >= 15 is 0 Å². The summed E-state index contributed by atoms with van der Waals surface area (Å²) in [5.41, 5.74) is 0.559. The van der Waals surface area contributed by atoms with Crippen LogP contribution in [0.15, 0.2) is 34.9 Å². The summed E-state index contributed by atoms with van der Waals surface area (Å²) in [6, 6.07) is 10.6. The van der Waals surface area contributed by atoms with Gasteiger partial charge in [-0.2, -0.15) is 10.5 Å². The molecular weight excluding hydrogens is 392 g/mol. The number of amides is 2. The molecular formula is C20H20N4O4S. The van der Waals surface area contributed by atoms with Crippen LogP contribution >= 0.6 is 11.8 Å². The molecule has 29 heavy (non-hydrogen) atoms. The third kappa shape index (κ3) is 4.95. The van der Waals surface area contributed by atoms with Crippen LogP contribution in [-0.4, -0.2) is 30.6 Å². The summed E-state index contributed by atoms with van der Waals surface area (Å²) in [6.45, 7) is 3.59. The second-order valence-corrected chi connectivity index (χ2v) is 7.83. The fourth-order valence-corrected chi connectivity index (χ4v) is 3.80. The SMILES string of the molecule is COC(=O)c1ccc(CNC(=O)CSC2=C(C#N)C(C)(C)[C@@H](C#N)C(=O)N2)cc1. The highest BCUT2D eigenvalue weighted by atomic mass is 32.2. The molecule has 0 fully saturated rings. The molecule has 0 saturated carbocycles. The minimum atomic E-state index is -0.969. The first kappa shape index (κ1) is 22.0. The van der Waals surface area contributed by atoms with E-state index in [2.05, 4.69) is 21.4 Å². The van der Waals surface area contributed by atoms with Crippen molar-refractivity contribution in [3.05, 3.63) is 46.0 Å². The van der Waals surface area contributed by atoms with E-state index in [0.717, 1.165) is 17.3 Å². The van der Waals surface area contributed by atoms with Crippen LogP contribution in [0.4, 0.5) is 0 Å². The number of carbonyl (C=O) groups is 3. The third-order valence-electron chi connectivity index (χ3n) is 4.55. The maximum atomic E-state index is 12.2. The summed E-state index contributed by atoms with van der Waals surface area (Å²) in [6.07, 6.45) is 0. The van der Waals surface area contributed by atoms with Crippen LogP contribution in [0, 0.1) is 34.0 Å². The lowest BCUT2D eigenvalue weighted by molar-refractivity contribution is -0.125. The Morgan fingerprint density at radius 3 is 2.48 bits per heavy atom. The zero-order valence-corrected chi connectivity index (χ0v) is 17.1. The van der Waals surface area contributed by atoms with Gasteiger partial charge in [0.1, 0.15) is 5.92 Å². The Hall–Kier alpha value is -3.30. The summed E-state index contributed by atoms with van der Waals surface area (Å²) in [7, 11) is 1.30. The van der Waals surface area contributed by atoms with E-state index in [-0.39, 0.29) is 23.8 Å². The van der Waals surface area contributed by atoms with Gasteiger partial charge in [-0.3, -0.25) is 9.59 Å². The van der Waals surface area contributed by atoms with E-state index in [1.165, 1.54) is 7.11 Å². The average Bonchev–Trinajstić information content (AvgIpc) is 2.70. The van der Waals surface area contributed by atoms with Crippen LogP contribution < -0.4 is 10.6 Å². The molecule has 1 aliphatic heterocycles. The summed E-state index contributed by atoms with van der Waals surface area (Å²) in [5, 5.41) is 24.3. The van der Waals surface area contributed by atoms with Crippen LogP contribution in [0.5, 0.6) is 0 Å². The zero-order chi connectivity index (χ0) is 21.6. The van der Waals surface area contributed by atoms with Crippen LogP contribution in [0.1, 0.15) is 29.8 Å². The first-order chi connectivity index (χ1) is 13.7. The highest BCUT2D eigenvalue weighted by Crippen LogP contribution is 2.41. The molecule has 1 aliphatic rings. The van der Waals surface area contributed by atoms with Crippen LogP contribution in [0.3, 0.4) is 0 Å². The lowest BCUT2D eigenvalue weighted by atomic mass is 9.72. The number of methoxy groups -OCH3 is 1. The fraction of sp³-hybridized carbons (Fsp3) is 0.350. The molecule has 0 unspecified atom stereocenters. The van der Waals surface area contributed by atoms with Gasteiger partial charge in [-0.25, -0.2) is 4.79 Å². The van der Waals surface area contributed by atoms with E-state index < -0.39 is 23.2 Å². The number of nitrogens with zero attached hydrogens (tertiary/aromatic N) is 2. The second-order valence-electron chi connectivity index (χ2n) is 6.84. The predicted octanol–water partition coefficient (Wildman–Crippen LogP) is 1.85. The summed E-state index contributed by atoms with van der Waals surface area (Å²) in [5.74, 6) is -2.18. The van der Waals surface area contributed by atoms with Gasteiger partial charge in [-0.05, 0) is 17.7 Å². The first-order valence-electron chi connectivity index (χ1n) is 8.66. The fourth-order valence-electron chi connectivity index (χ4n) is 2.80. The molecule has 9 heteroatoms. The van der Waals surface area contributed by atoms with Gasteiger partial charge in [-0.15, -0.1) is 0 Å². The van der Waals surface area contributed by atoms with Crippen molar-refractivity contribution >= 4 is 29.5 Å². The molecule has 2 amide bonds. The van der Waals surface area contributed by atoms with Gasteiger partial charge >= 0.3 is 5.97 Å². The number of nitrogens with one attached hydrogen (secondary N) is 2. The normalized spacial score (nSPS) is 17.6. The number of benzene rings is 1. The quantitative estimate of drug-likeness (QED) is 0.681. The lowest BCUT2D eigenvalue weighted by Crippen LogP contribution is -2.44. The molecule has 0 bridgehead atoms. The molecule has 0 radical (unpaired) electrons. The smallest absolute Gasteiger partial charge is 0.337 e. The molecule has 1 aromatic carbocycles. The van der Waals surface area contributed by atoms with Gasteiger partial charge in [0.05, 0.1) is 41.2 Å². The highest BCUT2D eigenvalue weighted by Gasteiger charge is 2.44. The van der Waals surface area contributed by atoms with E-state index in [1.807, 2.05) is 6.07 Å². The van der Waals surface area contributed by atoms with Gasteiger partial charge in [0.25, 0.3) is 0 Å². The van der Waals surface area contributed by atoms with Gasteiger partial charge < -0.3 is 15.4 Å². The maximum absolute atomic E-state index is 12.2. The van der Waals surface area contributed by atoms with Crippen molar-refractivity contribution in [2.24, 2.45) is 11.3 Å². The highest BCUT2D eigenvalue weighted by molar-refractivity contribution is 8.03. The van der Waals surface area contributed by atoms with Crippen molar-refractivity contribution in [2.45, 2.75) is 20.4 Å². The summed E-state index contributed by atoms with van der Waals surface area (Å²) in [4.78, 5) is 35.7.